The van der Waals surface area contributed by atoms with Gasteiger partial charge in [-0.3, -0.25) is 0 Å². The molecule has 1 N–H and O–H groups in total. The average molecular weight is 312 g/mol. The van der Waals surface area contributed by atoms with Crippen molar-refractivity contribution in [3.63, 3.8) is 0 Å². The fourth-order valence-corrected chi connectivity index (χ4v) is 1.63. The van der Waals surface area contributed by atoms with Gasteiger partial charge in [0.25, 0.3) is 0 Å². The van der Waals surface area contributed by atoms with Crippen LogP contribution in [-0.2, 0) is 6.18 Å². The Kier molecular flexibility index (Phi) is 4.73. The Morgan fingerprint density at radius 2 is 1.94 bits per heavy atom. The van der Waals surface area contributed by atoms with Gasteiger partial charge < -0.3 is 5.32 Å². The van der Waals surface area contributed by atoms with Gasteiger partial charge in [-0.25, -0.2) is 0 Å². The Morgan fingerprint density at radius 3 is 2.35 bits per heavy atom. The first-order valence-electron chi connectivity index (χ1n) is 5.08. The van der Waals surface area contributed by atoms with Gasteiger partial charge in [0.15, 0.2) is 5.69 Å². The largest absolute Gasteiger partial charge is 0.435 e. The molecule has 17 heavy (non-hydrogen) atoms. The highest BCUT2D eigenvalue weighted by Gasteiger charge is 2.32. The third-order valence-corrected chi connectivity index (χ3v) is 3.45. The number of rotatable bonds is 4. The highest BCUT2D eigenvalue weighted by Crippen LogP contribution is 2.27. The summed E-state index contributed by atoms with van der Waals surface area (Å²) in [6.07, 6.45) is -4.44. The fourth-order valence-electron chi connectivity index (χ4n) is 1.07. The second kappa shape index (κ2) is 5.66. The number of hydrogen-bond acceptors (Lipinski definition) is 3. The minimum absolute atomic E-state index is 0.0976. The lowest BCUT2D eigenvalue weighted by atomic mass is 10.1. The topological polar surface area (TPSA) is 37.8 Å². The van der Waals surface area contributed by atoms with Crippen LogP contribution >= 0.6 is 15.9 Å². The first-order chi connectivity index (χ1) is 7.84. The summed E-state index contributed by atoms with van der Waals surface area (Å²) in [5.74, 6) is 0.678. The standard InChI is InChI=1S/C10H13BrF3N3/c1-6(5-11)7(2)15-9-4-3-8(16-17-9)10(12,13)14/h3-4,6-7H,5H2,1-2H3,(H,15,17). The number of nitrogens with zero attached hydrogens (tertiary/aromatic N) is 2. The zero-order valence-electron chi connectivity index (χ0n) is 9.42. The van der Waals surface area contributed by atoms with E-state index >= 15 is 0 Å². The van der Waals surface area contributed by atoms with Crippen molar-refractivity contribution in [2.75, 3.05) is 10.6 Å². The normalized spacial score (nSPS) is 15.4. The van der Waals surface area contributed by atoms with E-state index in [1.165, 1.54) is 6.07 Å². The van der Waals surface area contributed by atoms with Crippen LogP contribution in [-0.4, -0.2) is 21.6 Å². The van der Waals surface area contributed by atoms with Crippen molar-refractivity contribution < 1.29 is 13.2 Å². The molecule has 7 heteroatoms. The van der Waals surface area contributed by atoms with Gasteiger partial charge >= 0.3 is 6.18 Å². The molecule has 1 rings (SSSR count). The van der Waals surface area contributed by atoms with Gasteiger partial charge in [0.2, 0.25) is 0 Å². The van der Waals surface area contributed by atoms with Crippen LogP contribution < -0.4 is 5.32 Å². The Morgan fingerprint density at radius 1 is 1.29 bits per heavy atom. The summed E-state index contributed by atoms with van der Waals surface area (Å²) >= 11 is 3.34. The Bertz CT molecular complexity index is 353. The quantitative estimate of drug-likeness (QED) is 0.867. The van der Waals surface area contributed by atoms with Crippen molar-refractivity contribution in [2.45, 2.75) is 26.1 Å². The monoisotopic (exact) mass is 311 g/mol. The third kappa shape index (κ3) is 4.14. The lowest BCUT2D eigenvalue weighted by Crippen LogP contribution is -2.25. The van der Waals surface area contributed by atoms with Gasteiger partial charge in [-0.1, -0.05) is 22.9 Å². The average Bonchev–Trinajstić information content (AvgIpc) is 2.27. The molecule has 0 amide bonds. The lowest BCUT2D eigenvalue weighted by molar-refractivity contribution is -0.141. The molecule has 0 radical (unpaired) electrons. The van der Waals surface area contributed by atoms with Crippen LogP contribution in [0, 0.1) is 5.92 Å². The van der Waals surface area contributed by atoms with Gasteiger partial charge in [-0.15, -0.1) is 10.2 Å². The minimum Gasteiger partial charge on any atom is -0.366 e. The molecule has 0 spiro atoms. The number of nitrogens with one attached hydrogen (secondary N) is 1. The van der Waals surface area contributed by atoms with E-state index in [2.05, 4.69) is 31.4 Å². The zero-order chi connectivity index (χ0) is 13.1. The van der Waals surface area contributed by atoms with E-state index in [4.69, 9.17) is 0 Å². The summed E-state index contributed by atoms with van der Waals surface area (Å²) in [5.41, 5.74) is -0.982. The first-order valence-corrected chi connectivity index (χ1v) is 6.20. The number of anilines is 1. The molecule has 2 atom stereocenters. The molecule has 0 aliphatic rings. The maximum absolute atomic E-state index is 12.2. The molecule has 0 aliphatic carbocycles. The van der Waals surface area contributed by atoms with Crippen LogP contribution in [0.4, 0.5) is 19.0 Å². The molecule has 1 heterocycles. The number of halogens is 4. The van der Waals surface area contributed by atoms with Crippen LogP contribution in [0.15, 0.2) is 12.1 Å². The molecular formula is C10H13BrF3N3. The molecule has 0 fully saturated rings. The van der Waals surface area contributed by atoms with E-state index in [0.29, 0.717) is 11.7 Å². The van der Waals surface area contributed by atoms with Crippen LogP contribution in [0.3, 0.4) is 0 Å². The van der Waals surface area contributed by atoms with Gasteiger partial charge in [0.1, 0.15) is 5.82 Å². The summed E-state index contributed by atoms with van der Waals surface area (Å²) in [6, 6.07) is 2.30. The lowest BCUT2D eigenvalue weighted by Gasteiger charge is -2.19. The van der Waals surface area contributed by atoms with Crippen molar-refractivity contribution >= 4 is 21.7 Å². The number of hydrogen-bond donors (Lipinski definition) is 1. The maximum Gasteiger partial charge on any atom is 0.435 e. The van der Waals surface area contributed by atoms with E-state index < -0.39 is 11.9 Å². The number of alkyl halides is 4. The van der Waals surface area contributed by atoms with E-state index in [9.17, 15) is 13.2 Å². The zero-order valence-corrected chi connectivity index (χ0v) is 11.0. The first kappa shape index (κ1) is 14.2. The highest BCUT2D eigenvalue weighted by molar-refractivity contribution is 9.09. The molecule has 2 unspecified atom stereocenters. The third-order valence-electron chi connectivity index (χ3n) is 2.43. The van der Waals surface area contributed by atoms with E-state index in [1.54, 1.807) is 0 Å². The molecule has 1 aromatic rings. The van der Waals surface area contributed by atoms with Crippen LogP contribution in [0.5, 0.6) is 0 Å². The van der Waals surface area contributed by atoms with Crippen molar-refractivity contribution in [2.24, 2.45) is 5.92 Å². The predicted molar refractivity (Wildman–Crippen MR) is 63.1 cm³/mol. The summed E-state index contributed by atoms with van der Waals surface area (Å²) in [5, 5.41) is 10.4. The van der Waals surface area contributed by atoms with Gasteiger partial charge in [0, 0.05) is 11.4 Å². The minimum atomic E-state index is -4.44. The fraction of sp³-hybridized carbons (Fsp3) is 0.600. The number of aromatic nitrogens is 2. The maximum atomic E-state index is 12.2. The summed E-state index contributed by atoms with van der Waals surface area (Å²) in [6.45, 7) is 3.95. The van der Waals surface area contributed by atoms with Crippen LogP contribution in [0.25, 0.3) is 0 Å². The summed E-state index contributed by atoms with van der Waals surface area (Å²) in [7, 11) is 0. The molecule has 96 valence electrons. The molecule has 1 aromatic heterocycles. The molecular weight excluding hydrogens is 299 g/mol. The second-order valence-corrected chi connectivity index (χ2v) is 4.51. The summed E-state index contributed by atoms with van der Waals surface area (Å²) < 4.78 is 36.7. The van der Waals surface area contributed by atoms with E-state index in [0.717, 1.165) is 11.4 Å². The Balaban J connectivity index is 2.69. The highest BCUT2D eigenvalue weighted by atomic mass is 79.9. The Hall–Kier alpha value is -0.850. The van der Waals surface area contributed by atoms with Gasteiger partial charge in [-0.05, 0) is 25.0 Å². The molecule has 0 saturated heterocycles. The van der Waals surface area contributed by atoms with E-state index in [-0.39, 0.29) is 6.04 Å². The van der Waals surface area contributed by atoms with Gasteiger partial charge in [-0.2, -0.15) is 13.2 Å². The molecule has 3 nitrogen and oxygen atoms in total. The second-order valence-electron chi connectivity index (χ2n) is 3.87. The predicted octanol–water partition coefficient (Wildman–Crippen LogP) is 3.33. The smallest absolute Gasteiger partial charge is 0.366 e. The van der Waals surface area contributed by atoms with Crippen LogP contribution in [0.1, 0.15) is 19.5 Å². The molecule has 0 bridgehead atoms. The van der Waals surface area contributed by atoms with Crippen LogP contribution in [0.2, 0.25) is 0 Å². The van der Waals surface area contributed by atoms with E-state index in [1.807, 2.05) is 13.8 Å². The van der Waals surface area contributed by atoms with Crippen molar-refractivity contribution in [1.29, 1.82) is 0 Å². The summed E-state index contributed by atoms with van der Waals surface area (Å²) in [4.78, 5) is 0. The van der Waals surface area contributed by atoms with Crippen molar-refractivity contribution in [3.05, 3.63) is 17.8 Å². The van der Waals surface area contributed by atoms with Crippen molar-refractivity contribution in [3.8, 4) is 0 Å². The molecule has 0 aliphatic heterocycles. The molecule has 0 saturated carbocycles. The molecule has 0 aromatic carbocycles. The van der Waals surface area contributed by atoms with Gasteiger partial charge in [0.05, 0.1) is 0 Å². The SMILES string of the molecule is CC(CBr)C(C)Nc1ccc(C(F)(F)F)nn1. The van der Waals surface area contributed by atoms with Crippen molar-refractivity contribution in [1.82, 2.24) is 10.2 Å². The Labute approximate surface area is 106 Å².